The quantitative estimate of drug-likeness (QED) is 0.0252. The summed E-state index contributed by atoms with van der Waals surface area (Å²) in [6.07, 6.45) is -34.7. The van der Waals surface area contributed by atoms with E-state index in [0.29, 0.717) is 77.2 Å². The molecule has 5 aliphatic rings. The fourth-order valence-electron chi connectivity index (χ4n) is 12.7. The van der Waals surface area contributed by atoms with Crippen LogP contribution in [-0.4, -0.2) is 422 Å². The van der Waals surface area contributed by atoms with Gasteiger partial charge in [0.1, 0.15) is 127 Å². The first kappa shape index (κ1) is 113. The Morgan fingerprint density at radius 1 is 0.368 bits per heavy atom. The lowest BCUT2D eigenvalue weighted by atomic mass is 9.96. The van der Waals surface area contributed by atoms with Crippen LogP contribution in [-0.2, 0) is 100 Å². The van der Waals surface area contributed by atoms with Crippen molar-refractivity contribution in [2.75, 3.05) is 105 Å². The highest BCUT2D eigenvalue weighted by Gasteiger charge is 2.53. The zero-order valence-corrected chi connectivity index (χ0v) is 72.2. The molecule has 5 aliphatic heterocycles. The van der Waals surface area contributed by atoms with Crippen molar-refractivity contribution in [2.24, 2.45) is 5.73 Å². The second kappa shape index (κ2) is 61.3. The molecule has 0 aliphatic carbocycles. The van der Waals surface area contributed by atoms with Crippen LogP contribution in [0.2, 0.25) is 0 Å². The van der Waals surface area contributed by atoms with Crippen molar-refractivity contribution in [1.29, 1.82) is 0 Å². The van der Waals surface area contributed by atoms with Gasteiger partial charge in [-0.25, -0.2) is 0 Å². The van der Waals surface area contributed by atoms with Crippen LogP contribution in [0.25, 0.3) is 0 Å². The summed E-state index contributed by atoms with van der Waals surface area (Å²) in [5, 5.41) is 187. The molecular weight excluding hydrogens is 1670 g/mol. The number of carbonyl (C=O) groups excluding carboxylic acids is 11. The van der Waals surface area contributed by atoms with Crippen molar-refractivity contribution < 1.29 is 182 Å². The third-order valence-electron chi connectivity index (χ3n) is 20.6. The maximum Gasteiger partial charge on any atom is 0.243 e. The van der Waals surface area contributed by atoms with Gasteiger partial charge >= 0.3 is 0 Å². The second-order valence-corrected chi connectivity index (χ2v) is 31.0. The van der Waals surface area contributed by atoms with E-state index < -0.39 is 254 Å². The van der Waals surface area contributed by atoms with Gasteiger partial charge in [-0.15, -0.1) is 0 Å². The third-order valence-corrected chi connectivity index (χ3v) is 20.6. The first-order valence-corrected chi connectivity index (χ1v) is 42.5. The number of carbonyl (C=O) groups is 11. The van der Waals surface area contributed by atoms with E-state index in [1.165, 1.54) is 20.8 Å². The first-order chi connectivity index (χ1) is 59.2. The Hall–Kier alpha value is -6.35. The fourth-order valence-corrected chi connectivity index (χ4v) is 12.7. The number of aliphatic hydroxyl groups is 16. The van der Waals surface area contributed by atoms with Crippen molar-refractivity contribution in [2.45, 2.75) is 323 Å². The van der Waals surface area contributed by atoms with E-state index in [4.69, 9.17) is 53.1 Å². The van der Waals surface area contributed by atoms with Gasteiger partial charge in [-0.05, 0) is 105 Å². The van der Waals surface area contributed by atoms with Gasteiger partial charge < -0.3 is 187 Å². The average molecular weight is 1810 g/mol. The Morgan fingerprint density at radius 3 is 1.17 bits per heavy atom. The molecule has 5 rings (SSSR count). The molecule has 0 unspecified atom stereocenters. The number of aliphatic hydroxyl groups excluding tert-OH is 16. The summed E-state index contributed by atoms with van der Waals surface area (Å²) < 4.78 is 55.4. The number of ketones is 3. The molecule has 5 saturated heterocycles. The average Bonchev–Trinajstić information content (AvgIpc) is 0.784. The largest absolute Gasteiger partial charge is 0.394 e. The number of unbranched alkanes of at least 4 members (excludes halogenated alkanes) is 6. The molecule has 5 fully saturated rings. The lowest BCUT2D eigenvalue weighted by molar-refractivity contribution is -0.366. The smallest absolute Gasteiger partial charge is 0.243 e. The van der Waals surface area contributed by atoms with E-state index in [1.807, 2.05) is 13.8 Å². The summed E-state index contributed by atoms with van der Waals surface area (Å²) in [4.78, 5) is 139. The molecular formula is C78H140N10O37. The number of ether oxygens (including phenoxy) is 10. The number of amides is 8. The molecule has 724 valence electrons. The fraction of sp³-hybridized carbons (Fsp3) is 0.859. The van der Waals surface area contributed by atoms with Crippen LogP contribution in [0.5, 0.6) is 0 Å². The lowest BCUT2D eigenvalue weighted by Crippen LogP contribution is -2.65. The van der Waals surface area contributed by atoms with Crippen LogP contribution in [0.1, 0.15) is 158 Å². The standard InChI is InChI=1S/C70H124N10O35.2C4H8O/c1-35(83)38(14-9-10-18-71)78-44(85)16-7-8-17-45(86)79-39(65(105)77-21-11-4-6-15-43(84)74-22-25-106-66-59(100)55(96)50(91)36(2)110-66)28-46(87)72-19-12-5-13-20-73-47(88)29-80(30-48(89)75-23-26-107-67-60(101)56(97)51(92)37(3)111-67)31-49(90)76-24-27-108-69-63(104)64(115-70-62(103)58(99)53(94)41(33-82)113-70)54(95)42(114-69)34-109-68-61(102)57(98)52(93)40(32-81)112-68;2*1-3-4(2)5/h36-42,50-64,66-70,81-82,91-104H,4-34,71H2,1-3H3,(H,72,87)(H,73,88)(H,74,84)(H,75,89)(H,76,90)(H,77,105)(H,78,85)(H,79,86);2*3H2,1-2H3/t36-,37-,38-,39-,40+,41+,42+,50+,51+,52+,53+,54+,55+,56+,57-,58-,59-,60-,61-,62-,63-,64-,66+,67+,68-,69-,70+;;/m0../s1. The van der Waals surface area contributed by atoms with Crippen molar-refractivity contribution >= 4 is 64.6 Å². The molecule has 0 saturated carbocycles. The topological polar surface area (TPSA) is 729 Å². The van der Waals surface area contributed by atoms with Crippen molar-refractivity contribution in [1.82, 2.24) is 47.4 Å². The highest BCUT2D eigenvalue weighted by atomic mass is 16.8. The maximum atomic E-state index is 13.6. The predicted molar refractivity (Wildman–Crippen MR) is 431 cm³/mol. The van der Waals surface area contributed by atoms with E-state index in [0.717, 1.165) is 4.90 Å². The molecule has 26 N–H and O–H groups in total. The van der Waals surface area contributed by atoms with Gasteiger partial charge in [-0.2, -0.15) is 0 Å². The minimum Gasteiger partial charge on any atom is -0.394 e. The molecule has 0 aromatic heterocycles. The minimum atomic E-state index is -2.03. The molecule has 8 amide bonds. The summed E-state index contributed by atoms with van der Waals surface area (Å²) in [6, 6.07) is -1.99. The Bertz CT molecular complexity index is 3170. The molecule has 47 heteroatoms. The molecule has 5 heterocycles. The first-order valence-electron chi connectivity index (χ1n) is 42.5. The van der Waals surface area contributed by atoms with Crippen LogP contribution >= 0.6 is 0 Å². The van der Waals surface area contributed by atoms with E-state index in [9.17, 15) is 134 Å². The number of hydrogen-bond donors (Lipinski definition) is 25. The van der Waals surface area contributed by atoms with Gasteiger partial charge in [0, 0.05) is 71.4 Å². The Labute approximate surface area is 725 Å². The van der Waals surface area contributed by atoms with Gasteiger partial charge in [-0.3, -0.25) is 48.1 Å². The molecule has 0 aromatic rings. The van der Waals surface area contributed by atoms with Crippen molar-refractivity contribution in [3.63, 3.8) is 0 Å². The van der Waals surface area contributed by atoms with E-state index >= 15 is 0 Å². The van der Waals surface area contributed by atoms with Gasteiger partial charge in [0.05, 0.1) is 83.9 Å². The highest BCUT2D eigenvalue weighted by molar-refractivity contribution is 5.92. The SMILES string of the molecule is CC(=O)[C@H](CCCCN)NC(=O)CCCCC(=O)N[C@@H](CC(=O)NCCCCCNC(=O)CN(CC(=O)NCCO[C@@H]1O[C@@H](C)[C@@H](O)[C@@H](O)[C@@H]1O)CC(=O)NCCO[C@H]1O[C@H](CO[C@H]2O[C@H](CO)[C@@H](O)[C@H](O)[C@@H]2O)[C@@H](O)[C@H](O[C@H]2O[C@H](CO)[C@@H](O)[C@H](O)[C@@H]2O)[C@@H]1O)C(=O)NCCCCCC(=O)NCCO[C@@H]1O[C@@H](C)[C@@H](O)[C@@H](O)[C@@H]1O.CCC(C)=O.CCC(C)=O. The monoisotopic (exact) mass is 1810 g/mol. The molecule has 125 heavy (non-hydrogen) atoms. The zero-order chi connectivity index (χ0) is 93.6. The highest BCUT2D eigenvalue weighted by Crippen LogP contribution is 2.32. The maximum absolute atomic E-state index is 13.6. The van der Waals surface area contributed by atoms with Crippen molar-refractivity contribution in [3.05, 3.63) is 0 Å². The Morgan fingerprint density at radius 2 is 0.728 bits per heavy atom. The van der Waals surface area contributed by atoms with Crippen LogP contribution in [0.4, 0.5) is 0 Å². The van der Waals surface area contributed by atoms with Crippen LogP contribution in [0, 0.1) is 0 Å². The molecule has 0 bridgehead atoms. The van der Waals surface area contributed by atoms with E-state index in [2.05, 4.69) is 42.5 Å². The van der Waals surface area contributed by atoms with Crippen molar-refractivity contribution in [3.8, 4) is 0 Å². The molecule has 47 nitrogen and oxygen atoms in total. The summed E-state index contributed by atoms with van der Waals surface area (Å²) in [6.45, 7) is 6.41. The van der Waals surface area contributed by atoms with Crippen LogP contribution in [0.3, 0.4) is 0 Å². The number of Topliss-reactive ketones (excluding diaryl/α,β-unsaturated/α-hetero) is 3. The summed E-state index contributed by atoms with van der Waals surface area (Å²) >= 11 is 0. The third kappa shape index (κ3) is 41.5. The Balaban J connectivity index is 0.00000380. The number of nitrogens with zero attached hydrogens (tertiary/aromatic N) is 1. The molecule has 27 atom stereocenters. The minimum absolute atomic E-state index is 0.0214. The summed E-state index contributed by atoms with van der Waals surface area (Å²) in [5.74, 6) is -4.34. The Kier molecular flexibility index (Phi) is 55.3. The molecule has 0 radical (unpaired) electrons. The number of nitrogens with one attached hydrogen (secondary N) is 8. The van der Waals surface area contributed by atoms with Gasteiger partial charge in [0.2, 0.25) is 47.3 Å². The zero-order valence-electron chi connectivity index (χ0n) is 72.2. The predicted octanol–water partition coefficient (Wildman–Crippen LogP) is -10.5. The van der Waals surface area contributed by atoms with E-state index in [1.54, 1.807) is 13.8 Å². The lowest BCUT2D eigenvalue weighted by Gasteiger charge is -2.46. The molecule has 0 aromatic carbocycles. The number of hydrogen-bond acceptors (Lipinski definition) is 39. The van der Waals surface area contributed by atoms with Gasteiger partial charge in [0.25, 0.3) is 0 Å². The number of rotatable bonds is 54. The normalized spacial score (nSPS) is 30.1. The van der Waals surface area contributed by atoms with Crippen LogP contribution in [0.15, 0.2) is 0 Å². The molecule has 0 spiro atoms. The summed E-state index contributed by atoms with van der Waals surface area (Å²) in [5.41, 5.74) is 5.56. The summed E-state index contributed by atoms with van der Waals surface area (Å²) in [7, 11) is 0. The van der Waals surface area contributed by atoms with Gasteiger partial charge in [0.15, 0.2) is 37.2 Å². The van der Waals surface area contributed by atoms with Gasteiger partial charge in [-0.1, -0.05) is 20.3 Å². The van der Waals surface area contributed by atoms with E-state index in [-0.39, 0.29) is 114 Å². The number of nitrogens with two attached hydrogens (primary N) is 1. The second-order valence-electron chi connectivity index (χ2n) is 31.0. The van der Waals surface area contributed by atoms with Crippen LogP contribution < -0.4 is 48.3 Å².